The molecule has 0 atom stereocenters. The first-order valence-electron chi connectivity index (χ1n) is 12.5. The summed E-state index contributed by atoms with van der Waals surface area (Å²) in [7, 11) is -3.72. The number of carbonyl (C=O) groups is 1. The number of hydrogen-bond acceptors (Lipinski definition) is 5. The Morgan fingerprint density at radius 3 is 2.21 bits per heavy atom. The van der Waals surface area contributed by atoms with Gasteiger partial charge in [0.05, 0.1) is 28.3 Å². The lowest BCUT2D eigenvalue weighted by Gasteiger charge is -2.12. The SMILES string of the molecule is CCOc1ccc(-c2cc(C(=O)Nc3ccc(NS(=O)(=O)c4ccc(C)cc4)cc3)c3ccccc3n2)cc1. The van der Waals surface area contributed by atoms with Gasteiger partial charge in [0, 0.05) is 22.3 Å². The summed E-state index contributed by atoms with van der Waals surface area (Å²) in [4.78, 5) is 18.3. The minimum atomic E-state index is -3.72. The Balaban J connectivity index is 1.37. The monoisotopic (exact) mass is 537 g/mol. The fraction of sp³-hybridized carbons (Fsp3) is 0.0968. The van der Waals surface area contributed by atoms with Crippen LogP contribution in [-0.4, -0.2) is 25.9 Å². The van der Waals surface area contributed by atoms with Crippen LogP contribution in [0.15, 0.2) is 108 Å². The smallest absolute Gasteiger partial charge is 0.261 e. The number of nitrogens with one attached hydrogen (secondary N) is 2. The molecule has 7 nitrogen and oxygen atoms in total. The van der Waals surface area contributed by atoms with Crippen molar-refractivity contribution in [1.29, 1.82) is 0 Å². The summed E-state index contributed by atoms with van der Waals surface area (Å²) in [6.07, 6.45) is 0. The van der Waals surface area contributed by atoms with Crippen molar-refractivity contribution in [3.05, 3.63) is 114 Å². The number of aromatic nitrogens is 1. The first kappa shape index (κ1) is 25.9. The van der Waals surface area contributed by atoms with Gasteiger partial charge in [-0.2, -0.15) is 0 Å². The summed E-state index contributed by atoms with van der Waals surface area (Å²) in [5, 5.41) is 3.65. The summed E-state index contributed by atoms with van der Waals surface area (Å²) in [6.45, 7) is 4.41. The van der Waals surface area contributed by atoms with E-state index >= 15 is 0 Å². The van der Waals surface area contributed by atoms with E-state index in [1.165, 1.54) is 0 Å². The summed E-state index contributed by atoms with van der Waals surface area (Å²) in [5.41, 5.74) is 4.61. The number of anilines is 2. The Morgan fingerprint density at radius 2 is 1.51 bits per heavy atom. The van der Waals surface area contributed by atoms with Crippen LogP contribution >= 0.6 is 0 Å². The lowest BCUT2D eigenvalue weighted by atomic mass is 10.0. The molecule has 0 aliphatic heterocycles. The van der Waals surface area contributed by atoms with Gasteiger partial charge in [-0.3, -0.25) is 9.52 Å². The second-order valence-corrected chi connectivity index (χ2v) is 10.7. The van der Waals surface area contributed by atoms with Crippen LogP contribution in [-0.2, 0) is 10.0 Å². The molecule has 2 N–H and O–H groups in total. The number of sulfonamides is 1. The number of amides is 1. The standard InChI is InChI=1S/C31H27N3O4S/c1-3-38-25-16-10-22(11-17-25)30-20-28(27-6-4-5-7-29(27)33-30)31(35)32-23-12-14-24(15-13-23)34-39(36,37)26-18-8-21(2)9-19-26/h4-20,34H,3H2,1-2H3,(H,32,35). The van der Waals surface area contributed by atoms with Gasteiger partial charge in [-0.05, 0) is 86.6 Å². The molecular weight excluding hydrogens is 510 g/mol. The first-order valence-corrected chi connectivity index (χ1v) is 13.9. The largest absolute Gasteiger partial charge is 0.494 e. The third kappa shape index (κ3) is 5.91. The van der Waals surface area contributed by atoms with Crippen molar-refractivity contribution < 1.29 is 17.9 Å². The second-order valence-electron chi connectivity index (χ2n) is 8.98. The maximum absolute atomic E-state index is 13.4. The normalized spacial score (nSPS) is 11.2. The Morgan fingerprint density at radius 1 is 0.846 bits per heavy atom. The van der Waals surface area contributed by atoms with Crippen LogP contribution in [0.1, 0.15) is 22.8 Å². The molecule has 5 rings (SSSR count). The number of pyridine rings is 1. The van der Waals surface area contributed by atoms with Crippen LogP contribution in [0, 0.1) is 6.92 Å². The van der Waals surface area contributed by atoms with Crippen molar-refractivity contribution >= 4 is 38.2 Å². The first-order chi connectivity index (χ1) is 18.8. The van der Waals surface area contributed by atoms with Gasteiger partial charge >= 0.3 is 0 Å². The van der Waals surface area contributed by atoms with Crippen LogP contribution < -0.4 is 14.8 Å². The van der Waals surface area contributed by atoms with Gasteiger partial charge in [0.2, 0.25) is 0 Å². The Kier molecular flexibility index (Phi) is 7.29. The number of rotatable bonds is 8. The van der Waals surface area contributed by atoms with E-state index in [2.05, 4.69) is 10.0 Å². The van der Waals surface area contributed by atoms with E-state index in [0.717, 1.165) is 22.3 Å². The molecule has 4 aromatic carbocycles. The van der Waals surface area contributed by atoms with Gasteiger partial charge in [0.25, 0.3) is 15.9 Å². The molecule has 0 aliphatic carbocycles. The number of aryl methyl sites for hydroxylation is 1. The maximum atomic E-state index is 13.4. The van der Waals surface area contributed by atoms with Crippen molar-refractivity contribution in [2.45, 2.75) is 18.7 Å². The topological polar surface area (TPSA) is 97.4 Å². The summed E-state index contributed by atoms with van der Waals surface area (Å²) < 4.78 is 33.5. The van der Waals surface area contributed by atoms with E-state index in [-0.39, 0.29) is 10.8 Å². The molecule has 0 fully saturated rings. The highest BCUT2D eigenvalue weighted by molar-refractivity contribution is 7.92. The van der Waals surface area contributed by atoms with E-state index < -0.39 is 10.0 Å². The molecule has 39 heavy (non-hydrogen) atoms. The van der Waals surface area contributed by atoms with Gasteiger partial charge in [-0.1, -0.05) is 35.9 Å². The highest BCUT2D eigenvalue weighted by Gasteiger charge is 2.16. The minimum absolute atomic E-state index is 0.179. The van der Waals surface area contributed by atoms with Crippen molar-refractivity contribution in [3.8, 4) is 17.0 Å². The number of hydrogen-bond donors (Lipinski definition) is 2. The van der Waals surface area contributed by atoms with Gasteiger partial charge in [0.15, 0.2) is 0 Å². The van der Waals surface area contributed by atoms with Crippen LogP contribution in [0.5, 0.6) is 5.75 Å². The fourth-order valence-electron chi connectivity index (χ4n) is 4.15. The van der Waals surface area contributed by atoms with E-state index in [1.807, 2.05) is 62.4 Å². The molecule has 0 bridgehead atoms. The zero-order valence-electron chi connectivity index (χ0n) is 21.5. The average molecular weight is 538 g/mol. The minimum Gasteiger partial charge on any atom is -0.494 e. The van der Waals surface area contributed by atoms with Crippen molar-refractivity contribution in [2.75, 3.05) is 16.6 Å². The molecule has 0 aliphatic rings. The van der Waals surface area contributed by atoms with Crippen molar-refractivity contribution in [3.63, 3.8) is 0 Å². The van der Waals surface area contributed by atoms with Gasteiger partial charge in [-0.25, -0.2) is 13.4 Å². The number of carbonyl (C=O) groups excluding carboxylic acids is 1. The third-order valence-electron chi connectivity index (χ3n) is 6.15. The maximum Gasteiger partial charge on any atom is 0.261 e. The Labute approximate surface area is 227 Å². The fourth-order valence-corrected chi connectivity index (χ4v) is 5.21. The van der Waals surface area contributed by atoms with Gasteiger partial charge < -0.3 is 10.1 Å². The van der Waals surface area contributed by atoms with Crippen LogP contribution in [0.2, 0.25) is 0 Å². The molecule has 1 aromatic heterocycles. The molecule has 1 heterocycles. The van der Waals surface area contributed by atoms with Gasteiger partial charge in [0.1, 0.15) is 5.75 Å². The molecule has 0 saturated carbocycles. The Hall–Kier alpha value is -4.69. The number of benzene rings is 4. The lowest BCUT2D eigenvalue weighted by Crippen LogP contribution is -2.14. The number of ether oxygens (including phenoxy) is 1. The molecule has 1 amide bonds. The van der Waals surface area contributed by atoms with E-state index in [0.29, 0.717) is 34.8 Å². The second kappa shape index (κ2) is 11.0. The molecule has 8 heteroatoms. The van der Waals surface area contributed by atoms with Crippen molar-refractivity contribution in [1.82, 2.24) is 4.98 Å². The Bertz CT molecular complexity index is 1730. The van der Waals surface area contributed by atoms with E-state index in [9.17, 15) is 13.2 Å². The van der Waals surface area contributed by atoms with Gasteiger partial charge in [-0.15, -0.1) is 0 Å². The molecule has 0 radical (unpaired) electrons. The summed E-state index contributed by atoms with van der Waals surface area (Å²) in [5.74, 6) is 0.471. The third-order valence-corrected chi connectivity index (χ3v) is 7.55. The molecule has 196 valence electrons. The lowest BCUT2D eigenvalue weighted by molar-refractivity contribution is 0.102. The number of nitrogens with zero attached hydrogens (tertiary/aromatic N) is 1. The zero-order valence-corrected chi connectivity index (χ0v) is 22.3. The van der Waals surface area contributed by atoms with E-state index in [4.69, 9.17) is 9.72 Å². The highest BCUT2D eigenvalue weighted by atomic mass is 32.2. The summed E-state index contributed by atoms with van der Waals surface area (Å²) in [6, 6.07) is 30.0. The molecule has 0 saturated heterocycles. The number of fused-ring (bicyclic) bond motifs is 1. The van der Waals surface area contributed by atoms with E-state index in [1.54, 1.807) is 54.6 Å². The van der Waals surface area contributed by atoms with Crippen molar-refractivity contribution in [2.24, 2.45) is 0 Å². The van der Waals surface area contributed by atoms with Crippen LogP contribution in [0.3, 0.4) is 0 Å². The molecule has 5 aromatic rings. The molecular formula is C31H27N3O4S. The molecule has 0 unspecified atom stereocenters. The zero-order chi connectivity index (χ0) is 27.4. The quantitative estimate of drug-likeness (QED) is 0.231. The predicted molar refractivity (Wildman–Crippen MR) is 155 cm³/mol. The number of para-hydroxylation sites is 1. The highest BCUT2D eigenvalue weighted by Crippen LogP contribution is 2.27. The molecule has 0 spiro atoms. The van der Waals surface area contributed by atoms with Crippen LogP contribution in [0.4, 0.5) is 11.4 Å². The average Bonchev–Trinajstić information content (AvgIpc) is 2.94. The summed E-state index contributed by atoms with van der Waals surface area (Å²) >= 11 is 0. The van der Waals surface area contributed by atoms with Crippen LogP contribution in [0.25, 0.3) is 22.2 Å². The predicted octanol–water partition coefficient (Wildman–Crippen LogP) is 6.66.